The topological polar surface area (TPSA) is 68.0 Å². The van der Waals surface area contributed by atoms with Gasteiger partial charge < -0.3 is 11.1 Å². The van der Waals surface area contributed by atoms with E-state index in [2.05, 4.69) is 10.3 Å². The van der Waals surface area contributed by atoms with Crippen molar-refractivity contribution in [3.8, 4) is 0 Å². The van der Waals surface area contributed by atoms with Crippen molar-refractivity contribution < 1.29 is 4.79 Å². The van der Waals surface area contributed by atoms with Crippen LogP contribution in [0.1, 0.15) is 15.2 Å². The summed E-state index contributed by atoms with van der Waals surface area (Å²) in [5.74, 6) is -0.179. The third-order valence-electron chi connectivity index (χ3n) is 3.10. The Labute approximate surface area is 130 Å². The van der Waals surface area contributed by atoms with Crippen molar-refractivity contribution in [2.75, 3.05) is 5.73 Å². The predicted molar refractivity (Wildman–Crippen MR) is 86.7 cm³/mol. The fraction of sp³-hybridized carbons (Fsp3) is 0.0667. The highest BCUT2D eigenvalue weighted by Gasteiger charge is 2.16. The average molecular weight is 318 g/mol. The summed E-state index contributed by atoms with van der Waals surface area (Å²) in [7, 11) is 0. The van der Waals surface area contributed by atoms with Crippen LogP contribution in [-0.4, -0.2) is 10.9 Å². The molecule has 3 N–H and O–H groups in total. The van der Waals surface area contributed by atoms with Crippen LogP contribution in [0.3, 0.4) is 0 Å². The standard InChI is InChI=1S/C15H12ClN3OS/c16-10-1-2-12-11(7-10)13(17)14(21-12)15(20)19-8-9-3-5-18-6-4-9/h1-7H,8,17H2,(H,19,20). The highest BCUT2D eigenvalue weighted by atomic mass is 35.5. The summed E-state index contributed by atoms with van der Waals surface area (Å²) in [5.41, 5.74) is 7.52. The molecule has 1 aromatic carbocycles. The summed E-state index contributed by atoms with van der Waals surface area (Å²) in [6.07, 6.45) is 3.38. The Hall–Kier alpha value is -2.11. The molecular weight excluding hydrogens is 306 g/mol. The second-order valence-electron chi connectivity index (χ2n) is 4.52. The smallest absolute Gasteiger partial charge is 0.263 e. The summed E-state index contributed by atoms with van der Waals surface area (Å²) in [6, 6.07) is 9.15. The third kappa shape index (κ3) is 2.84. The molecule has 4 nitrogen and oxygen atoms in total. The Kier molecular flexibility index (Phi) is 3.77. The van der Waals surface area contributed by atoms with Gasteiger partial charge in [0, 0.05) is 34.0 Å². The number of fused-ring (bicyclic) bond motifs is 1. The van der Waals surface area contributed by atoms with Gasteiger partial charge >= 0.3 is 0 Å². The first kappa shape index (κ1) is 13.9. The van der Waals surface area contributed by atoms with E-state index >= 15 is 0 Å². The normalized spacial score (nSPS) is 10.7. The van der Waals surface area contributed by atoms with Crippen LogP contribution in [0.4, 0.5) is 5.69 Å². The number of nitrogen functional groups attached to an aromatic ring is 1. The Balaban J connectivity index is 1.83. The van der Waals surface area contributed by atoms with Crippen molar-refractivity contribution in [1.82, 2.24) is 10.3 Å². The van der Waals surface area contributed by atoms with Crippen molar-refractivity contribution >= 4 is 44.6 Å². The Morgan fingerprint density at radius 3 is 2.81 bits per heavy atom. The number of aromatic nitrogens is 1. The van der Waals surface area contributed by atoms with E-state index in [9.17, 15) is 4.79 Å². The fourth-order valence-corrected chi connectivity index (χ4v) is 3.21. The van der Waals surface area contributed by atoms with E-state index in [-0.39, 0.29) is 5.91 Å². The summed E-state index contributed by atoms with van der Waals surface area (Å²) in [5, 5.41) is 4.29. The molecule has 0 fully saturated rings. The number of nitrogens with one attached hydrogen (secondary N) is 1. The Bertz CT molecular complexity index is 801. The van der Waals surface area contributed by atoms with Gasteiger partial charge in [0.05, 0.1) is 5.69 Å². The number of pyridine rings is 1. The molecule has 0 spiro atoms. The molecule has 21 heavy (non-hydrogen) atoms. The minimum absolute atomic E-state index is 0.179. The zero-order valence-corrected chi connectivity index (χ0v) is 12.5. The van der Waals surface area contributed by atoms with Crippen LogP contribution in [0.2, 0.25) is 5.02 Å². The average Bonchev–Trinajstić information content (AvgIpc) is 2.83. The van der Waals surface area contributed by atoms with Crippen LogP contribution < -0.4 is 11.1 Å². The van der Waals surface area contributed by atoms with Crippen LogP contribution in [-0.2, 0) is 6.54 Å². The number of hydrogen-bond donors (Lipinski definition) is 2. The minimum Gasteiger partial charge on any atom is -0.397 e. The van der Waals surface area contributed by atoms with Crippen LogP contribution in [0.5, 0.6) is 0 Å². The first-order valence-electron chi connectivity index (χ1n) is 6.30. The number of nitrogens with two attached hydrogens (primary N) is 1. The van der Waals surface area contributed by atoms with Gasteiger partial charge in [0.25, 0.3) is 5.91 Å². The summed E-state index contributed by atoms with van der Waals surface area (Å²) >= 11 is 7.33. The van der Waals surface area contributed by atoms with Gasteiger partial charge in [-0.2, -0.15) is 0 Å². The van der Waals surface area contributed by atoms with Crippen molar-refractivity contribution in [2.45, 2.75) is 6.54 Å². The molecule has 2 heterocycles. The molecule has 1 amide bonds. The molecule has 0 aliphatic rings. The minimum atomic E-state index is -0.179. The molecule has 0 atom stereocenters. The maximum atomic E-state index is 12.3. The summed E-state index contributed by atoms with van der Waals surface area (Å²) < 4.78 is 0.950. The molecule has 0 radical (unpaired) electrons. The number of carbonyl (C=O) groups excluding carboxylic acids is 1. The van der Waals surface area contributed by atoms with Crippen molar-refractivity contribution in [2.24, 2.45) is 0 Å². The lowest BCUT2D eigenvalue weighted by Crippen LogP contribution is -2.22. The third-order valence-corrected chi connectivity index (χ3v) is 4.52. The first-order chi connectivity index (χ1) is 10.1. The van der Waals surface area contributed by atoms with E-state index < -0.39 is 0 Å². The molecule has 2 aromatic heterocycles. The van der Waals surface area contributed by atoms with Gasteiger partial charge in [0.15, 0.2) is 0 Å². The second-order valence-corrected chi connectivity index (χ2v) is 6.01. The first-order valence-corrected chi connectivity index (χ1v) is 7.49. The maximum absolute atomic E-state index is 12.3. The van der Waals surface area contributed by atoms with E-state index in [1.165, 1.54) is 11.3 Å². The Morgan fingerprint density at radius 2 is 2.05 bits per heavy atom. The van der Waals surface area contributed by atoms with Crippen LogP contribution in [0.15, 0.2) is 42.7 Å². The lowest BCUT2D eigenvalue weighted by molar-refractivity contribution is 0.0956. The van der Waals surface area contributed by atoms with Crippen molar-refractivity contribution in [1.29, 1.82) is 0 Å². The maximum Gasteiger partial charge on any atom is 0.263 e. The number of carbonyl (C=O) groups is 1. The fourth-order valence-electron chi connectivity index (χ4n) is 2.02. The largest absolute Gasteiger partial charge is 0.397 e. The molecular formula is C15H12ClN3OS. The predicted octanol–water partition coefficient (Wildman–Crippen LogP) is 3.46. The number of thiophene rings is 1. The number of hydrogen-bond acceptors (Lipinski definition) is 4. The number of amides is 1. The lowest BCUT2D eigenvalue weighted by atomic mass is 10.2. The van der Waals surface area contributed by atoms with Gasteiger partial charge in [-0.25, -0.2) is 0 Å². The molecule has 0 saturated heterocycles. The molecule has 0 unspecified atom stereocenters. The van der Waals surface area contributed by atoms with E-state index in [4.69, 9.17) is 17.3 Å². The molecule has 0 saturated carbocycles. The number of nitrogens with zero attached hydrogens (tertiary/aromatic N) is 1. The van der Waals surface area contributed by atoms with Gasteiger partial charge in [0.1, 0.15) is 4.88 Å². The number of rotatable bonds is 3. The molecule has 3 aromatic rings. The van der Waals surface area contributed by atoms with Crippen LogP contribution in [0.25, 0.3) is 10.1 Å². The van der Waals surface area contributed by atoms with Gasteiger partial charge in [0.2, 0.25) is 0 Å². The number of anilines is 1. The molecule has 3 rings (SSSR count). The number of halogens is 1. The summed E-state index contributed by atoms with van der Waals surface area (Å²) in [4.78, 5) is 16.7. The van der Waals surface area contributed by atoms with Gasteiger partial charge in [-0.1, -0.05) is 11.6 Å². The highest BCUT2D eigenvalue weighted by Crippen LogP contribution is 2.35. The molecule has 106 valence electrons. The molecule has 0 bridgehead atoms. The Morgan fingerprint density at radius 1 is 1.29 bits per heavy atom. The second kappa shape index (κ2) is 5.71. The molecule has 6 heteroatoms. The number of benzene rings is 1. The SMILES string of the molecule is Nc1c(C(=O)NCc2ccncc2)sc2ccc(Cl)cc12. The van der Waals surface area contributed by atoms with E-state index in [1.807, 2.05) is 18.2 Å². The van der Waals surface area contributed by atoms with Crippen LogP contribution >= 0.6 is 22.9 Å². The zero-order valence-electron chi connectivity index (χ0n) is 11.0. The van der Waals surface area contributed by atoms with Crippen molar-refractivity contribution in [3.63, 3.8) is 0 Å². The van der Waals surface area contributed by atoms with Gasteiger partial charge in [-0.15, -0.1) is 11.3 Å². The monoisotopic (exact) mass is 317 g/mol. The lowest BCUT2D eigenvalue weighted by Gasteiger charge is -2.04. The van der Waals surface area contributed by atoms with Crippen molar-refractivity contribution in [3.05, 3.63) is 58.2 Å². The van der Waals surface area contributed by atoms with Gasteiger partial charge in [-0.3, -0.25) is 9.78 Å². The van der Waals surface area contributed by atoms with E-state index in [0.29, 0.717) is 22.1 Å². The highest BCUT2D eigenvalue weighted by molar-refractivity contribution is 7.21. The molecule has 0 aliphatic heterocycles. The summed E-state index contributed by atoms with van der Waals surface area (Å²) in [6.45, 7) is 0.440. The van der Waals surface area contributed by atoms with E-state index in [0.717, 1.165) is 15.6 Å². The molecule has 0 aliphatic carbocycles. The van der Waals surface area contributed by atoms with E-state index in [1.54, 1.807) is 24.5 Å². The quantitative estimate of drug-likeness (QED) is 0.777. The van der Waals surface area contributed by atoms with Crippen LogP contribution in [0, 0.1) is 0 Å². The van der Waals surface area contributed by atoms with Gasteiger partial charge in [-0.05, 0) is 35.9 Å². The zero-order chi connectivity index (χ0) is 14.8.